The molecule has 27 heavy (non-hydrogen) atoms. The molecule has 7 heteroatoms. The highest BCUT2D eigenvalue weighted by molar-refractivity contribution is 8.15. The molecule has 0 aromatic heterocycles. The highest BCUT2D eigenvalue weighted by Gasteiger charge is 2.44. The lowest BCUT2D eigenvalue weighted by atomic mass is 9.97. The Kier molecular flexibility index (Phi) is 5.32. The number of amides is 2. The maximum Gasteiger partial charge on any atom is 0.246 e. The molecule has 0 spiro atoms. The van der Waals surface area contributed by atoms with E-state index in [9.17, 15) is 14.0 Å². The Balaban J connectivity index is 1.79. The zero-order valence-electron chi connectivity index (χ0n) is 15.0. The normalized spacial score (nSPS) is 21.9. The number of amidine groups is 1. The van der Waals surface area contributed by atoms with Gasteiger partial charge in [-0.2, -0.15) is 0 Å². The van der Waals surface area contributed by atoms with Crippen LogP contribution in [0.2, 0.25) is 0 Å². The molecular weight excluding hydrogens is 365 g/mol. The van der Waals surface area contributed by atoms with Crippen LogP contribution in [0.1, 0.15) is 36.6 Å². The number of rotatable bonds is 5. The molecule has 5 nitrogen and oxygen atoms in total. The summed E-state index contributed by atoms with van der Waals surface area (Å²) >= 11 is 1.34. The number of nitrogens with one attached hydrogen (secondary N) is 1. The fourth-order valence-electron chi connectivity index (χ4n) is 2.86. The molecule has 3 rings (SSSR count). The smallest absolute Gasteiger partial charge is 0.246 e. The summed E-state index contributed by atoms with van der Waals surface area (Å²) in [7, 11) is 0. The third-order valence-corrected chi connectivity index (χ3v) is 5.73. The van der Waals surface area contributed by atoms with Crippen LogP contribution in [0.25, 0.3) is 0 Å². The minimum Gasteiger partial charge on any atom is -0.369 e. The molecule has 0 radical (unpaired) electrons. The molecule has 2 aromatic rings. The van der Waals surface area contributed by atoms with Crippen molar-refractivity contribution in [1.82, 2.24) is 5.32 Å². The van der Waals surface area contributed by atoms with Gasteiger partial charge in [0.15, 0.2) is 5.17 Å². The lowest BCUT2D eigenvalue weighted by molar-refractivity contribution is -0.121. The summed E-state index contributed by atoms with van der Waals surface area (Å²) in [6.45, 7) is 3.72. The lowest BCUT2D eigenvalue weighted by Gasteiger charge is -2.19. The summed E-state index contributed by atoms with van der Waals surface area (Å²) in [6, 6.07) is 13.2. The van der Waals surface area contributed by atoms with Gasteiger partial charge in [-0.05, 0) is 42.7 Å². The zero-order chi connectivity index (χ0) is 19.6. The predicted octanol–water partition coefficient (Wildman–Crippen LogP) is 3.05. The zero-order valence-corrected chi connectivity index (χ0v) is 15.8. The summed E-state index contributed by atoms with van der Waals surface area (Å²) in [5, 5.41) is 3.36. The van der Waals surface area contributed by atoms with Crippen LogP contribution in [0.4, 0.5) is 4.39 Å². The Morgan fingerprint density at radius 3 is 2.44 bits per heavy atom. The predicted molar refractivity (Wildman–Crippen MR) is 105 cm³/mol. The van der Waals surface area contributed by atoms with Crippen LogP contribution in [0.5, 0.6) is 0 Å². The summed E-state index contributed by atoms with van der Waals surface area (Å²) in [6.07, 6.45) is 0.165. The van der Waals surface area contributed by atoms with Crippen molar-refractivity contribution in [3.05, 3.63) is 71.0 Å². The highest BCUT2D eigenvalue weighted by Crippen LogP contribution is 2.41. The molecule has 2 aromatic carbocycles. The molecule has 0 aliphatic carbocycles. The lowest BCUT2D eigenvalue weighted by Crippen LogP contribution is -2.31. The topological polar surface area (TPSA) is 84.6 Å². The average Bonchev–Trinajstić information content (AvgIpc) is 2.90. The number of nitrogens with zero attached hydrogens (tertiary/aromatic N) is 1. The average molecular weight is 385 g/mol. The monoisotopic (exact) mass is 385 g/mol. The van der Waals surface area contributed by atoms with Gasteiger partial charge in [-0.3, -0.25) is 14.6 Å². The first-order valence-electron chi connectivity index (χ1n) is 8.49. The van der Waals surface area contributed by atoms with E-state index in [1.807, 2.05) is 26.0 Å². The first-order valence-corrected chi connectivity index (χ1v) is 9.31. The van der Waals surface area contributed by atoms with Crippen molar-refractivity contribution in [2.75, 3.05) is 0 Å². The molecule has 1 heterocycles. The fourth-order valence-corrected chi connectivity index (χ4v) is 4.00. The number of carbonyl (C=O) groups is 2. The van der Waals surface area contributed by atoms with Crippen molar-refractivity contribution < 1.29 is 14.0 Å². The third kappa shape index (κ3) is 4.19. The Morgan fingerprint density at radius 1 is 1.22 bits per heavy atom. The van der Waals surface area contributed by atoms with Gasteiger partial charge in [0.1, 0.15) is 10.6 Å². The number of hydrogen-bond acceptors (Lipinski definition) is 4. The van der Waals surface area contributed by atoms with Crippen molar-refractivity contribution in [1.29, 1.82) is 0 Å². The van der Waals surface area contributed by atoms with E-state index in [0.29, 0.717) is 5.17 Å². The first kappa shape index (κ1) is 19.1. The van der Waals surface area contributed by atoms with E-state index in [0.717, 1.165) is 16.7 Å². The van der Waals surface area contributed by atoms with Crippen LogP contribution in [0.15, 0.2) is 53.5 Å². The largest absolute Gasteiger partial charge is 0.369 e. The SMILES string of the molecule is C[C@H](N=C1NC(=O)C(C)(c2ccc(CC(N)=O)cc2)S1)c1ccc(F)cc1. The van der Waals surface area contributed by atoms with Gasteiger partial charge in [0.05, 0.1) is 12.5 Å². The fraction of sp³-hybridized carbons (Fsp3) is 0.250. The minimum atomic E-state index is -0.813. The van der Waals surface area contributed by atoms with Gasteiger partial charge in [0.2, 0.25) is 11.8 Å². The van der Waals surface area contributed by atoms with Crippen molar-refractivity contribution in [3.8, 4) is 0 Å². The molecule has 0 saturated carbocycles. The van der Waals surface area contributed by atoms with E-state index in [1.165, 1.54) is 23.9 Å². The highest BCUT2D eigenvalue weighted by atomic mass is 32.2. The maximum absolute atomic E-state index is 13.1. The Labute approximate surface area is 161 Å². The molecule has 3 N–H and O–H groups in total. The molecule has 2 atom stereocenters. The summed E-state index contributed by atoms with van der Waals surface area (Å²) < 4.78 is 12.3. The Morgan fingerprint density at radius 2 is 1.85 bits per heavy atom. The number of halogens is 1. The van der Waals surface area contributed by atoms with Gasteiger partial charge >= 0.3 is 0 Å². The van der Waals surface area contributed by atoms with Gasteiger partial charge in [-0.1, -0.05) is 48.2 Å². The maximum atomic E-state index is 13.1. The van der Waals surface area contributed by atoms with Gasteiger partial charge < -0.3 is 11.1 Å². The van der Waals surface area contributed by atoms with E-state index >= 15 is 0 Å². The molecule has 1 aliphatic heterocycles. The number of thioether (sulfide) groups is 1. The second-order valence-electron chi connectivity index (χ2n) is 6.59. The van der Waals surface area contributed by atoms with Crippen LogP contribution >= 0.6 is 11.8 Å². The molecule has 140 valence electrons. The number of benzene rings is 2. The van der Waals surface area contributed by atoms with Crippen LogP contribution < -0.4 is 11.1 Å². The molecule has 1 saturated heterocycles. The number of carbonyl (C=O) groups excluding carboxylic acids is 2. The quantitative estimate of drug-likeness (QED) is 0.830. The summed E-state index contributed by atoms with van der Waals surface area (Å²) in [5.41, 5.74) is 7.69. The minimum absolute atomic E-state index is 0.153. The van der Waals surface area contributed by atoms with Gasteiger partial charge in [0, 0.05) is 0 Å². The van der Waals surface area contributed by atoms with Gasteiger partial charge in [-0.25, -0.2) is 4.39 Å². The summed E-state index contributed by atoms with van der Waals surface area (Å²) in [4.78, 5) is 28.2. The second kappa shape index (κ2) is 7.52. The Hall–Kier alpha value is -2.67. The number of aliphatic imine (C=N–C) groups is 1. The summed E-state index contributed by atoms with van der Waals surface area (Å²) in [5.74, 6) is -0.846. The van der Waals surface area contributed by atoms with Crippen molar-refractivity contribution in [2.45, 2.75) is 31.1 Å². The Bertz CT molecular complexity index is 896. The molecular formula is C20H20FN3O2S. The molecule has 1 fully saturated rings. The van der Waals surface area contributed by atoms with E-state index in [-0.39, 0.29) is 24.2 Å². The van der Waals surface area contributed by atoms with E-state index < -0.39 is 10.7 Å². The van der Waals surface area contributed by atoms with E-state index in [2.05, 4.69) is 10.3 Å². The second-order valence-corrected chi connectivity index (χ2v) is 8.00. The standard InChI is InChI=1S/C20H20FN3O2S/c1-12(14-5-9-16(21)10-6-14)23-19-24-18(26)20(2,27-19)15-7-3-13(4-8-15)11-17(22)25/h3-10,12H,11H2,1-2H3,(H2,22,25)(H,23,24,26)/t12-,20?/m0/s1. The van der Waals surface area contributed by atoms with Crippen molar-refractivity contribution >= 4 is 28.7 Å². The van der Waals surface area contributed by atoms with Gasteiger partial charge in [-0.15, -0.1) is 0 Å². The van der Waals surface area contributed by atoms with Crippen molar-refractivity contribution in [2.24, 2.45) is 10.7 Å². The number of nitrogens with two attached hydrogens (primary N) is 1. The molecule has 1 unspecified atom stereocenters. The number of primary amides is 1. The van der Waals surface area contributed by atoms with E-state index in [1.54, 1.807) is 24.3 Å². The first-order chi connectivity index (χ1) is 12.8. The van der Waals surface area contributed by atoms with E-state index in [4.69, 9.17) is 5.73 Å². The molecule has 0 bridgehead atoms. The molecule has 1 aliphatic rings. The van der Waals surface area contributed by atoms with Crippen LogP contribution in [-0.4, -0.2) is 17.0 Å². The van der Waals surface area contributed by atoms with Crippen LogP contribution in [-0.2, 0) is 20.8 Å². The van der Waals surface area contributed by atoms with Crippen LogP contribution in [0, 0.1) is 5.82 Å². The molecule has 2 amide bonds. The third-order valence-electron chi connectivity index (χ3n) is 4.50. The van der Waals surface area contributed by atoms with Crippen LogP contribution in [0.3, 0.4) is 0 Å². The number of hydrogen-bond donors (Lipinski definition) is 2. The van der Waals surface area contributed by atoms with Gasteiger partial charge in [0.25, 0.3) is 0 Å². The van der Waals surface area contributed by atoms with Crippen molar-refractivity contribution in [3.63, 3.8) is 0 Å².